The van der Waals surface area contributed by atoms with E-state index in [0.29, 0.717) is 11.1 Å². The van der Waals surface area contributed by atoms with Gasteiger partial charge in [0.1, 0.15) is 0 Å². The van der Waals surface area contributed by atoms with Crippen LogP contribution in [0, 0.1) is 22.7 Å². The smallest absolute Gasteiger partial charge is 0.0998 e. The van der Waals surface area contributed by atoms with Crippen molar-refractivity contribution in [3.63, 3.8) is 0 Å². The van der Waals surface area contributed by atoms with Crippen molar-refractivity contribution in [2.45, 2.75) is 0 Å². The van der Waals surface area contributed by atoms with Crippen LogP contribution in [0.25, 0.3) is 32.7 Å². The summed E-state index contributed by atoms with van der Waals surface area (Å²) in [5.41, 5.74) is 3.53. The van der Waals surface area contributed by atoms with Gasteiger partial charge in [-0.05, 0) is 81.7 Å². The van der Waals surface area contributed by atoms with Crippen LogP contribution in [0.5, 0.6) is 0 Å². The molecule has 0 bridgehead atoms. The lowest BCUT2D eigenvalue weighted by Crippen LogP contribution is -2.26. The predicted molar refractivity (Wildman–Crippen MR) is 214 cm³/mol. The molecule has 8 rings (SSSR count). The van der Waals surface area contributed by atoms with Gasteiger partial charge in [0.2, 0.25) is 0 Å². The maximum Gasteiger partial charge on any atom is 0.0998 e. The van der Waals surface area contributed by atoms with E-state index in [1.165, 1.54) is 31.8 Å². The molecule has 0 fully saturated rings. The maximum absolute atomic E-state index is 10.3. The number of nitriles is 2. The van der Waals surface area contributed by atoms with E-state index >= 15 is 0 Å². The van der Waals surface area contributed by atoms with Gasteiger partial charge in [-0.15, -0.1) is 0 Å². The van der Waals surface area contributed by atoms with Gasteiger partial charge in [-0.3, -0.25) is 0 Å². The highest BCUT2D eigenvalue weighted by Crippen LogP contribution is 2.46. The zero-order valence-electron chi connectivity index (χ0n) is 27.1. The summed E-state index contributed by atoms with van der Waals surface area (Å²) in [4.78, 5) is 0. The zero-order chi connectivity index (χ0) is 33.9. The Morgan fingerprint density at radius 1 is 0.300 bits per heavy atom. The summed E-state index contributed by atoms with van der Waals surface area (Å²) in [6, 6.07) is 69.0. The maximum atomic E-state index is 10.3. The Kier molecular flexibility index (Phi) is 8.74. The zero-order valence-corrected chi connectivity index (χ0v) is 28.9. The molecule has 4 heteroatoms. The van der Waals surface area contributed by atoms with Crippen molar-refractivity contribution < 1.29 is 0 Å². The highest BCUT2D eigenvalue weighted by Gasteiger charge is 2.28. The molecule has 0 saturated heterocycles. The standard InChI is InChI=1S/C46H30N2P2/c47-31-33-15-13-25-41-39(33)27-29-43(49(35-17-5-1-6-18-35)36-19-7-2-8-20-36)45(41)46-42-26-14-16-34(32-48)40(42)28-30-44(46)50(37-21-9-3-10-22-37)38-23-11-4-12-24-38/h1-30H. The minimum Gasteiger partial charge on any atom is -0.192 e. The monoisotopic (exact) mass is 672 g/mol. The molecule has 0 aliphatic carbocycles. The molecule has 50 heavy (non-hydrogen) atoms. The molecule has 0 heterocycles. The molecular formula is C46H30N2P2. The van der Waals surface area contributed by atoms with Crippen LogP contribution in [0.1, 0.15) is 11.1 Å². The minimum absolute atomic E-state index is 0.645. The van der Waals surface area contributed by atoms with Crippen molar-refractivity contribution in [2.75, 3.05) is 0 Å². The van der Waals surface area contributed by atoms with Crippen LogP contribution in [0.2, 0.25) is 0 Å². The van der Waals surface area contributed by atoms with Crippen LogP contribution in [-0.4, -0.2) is 0 Å². The number of benzene rings is 8. The van der Waals surface area contributed by atoms with E-state index in [9.17, 15) is 10.5 Å². The van der Waals surface area contributed by atoms with Gasteiger partial charge in [0.15, 0.2) is 0 Å². The quantitative estimate of drug-likeness (QED) is 0.159. The summed E-state index contributed by atoms with van der Waals surface area (Å²) in [5.74, 6) is 0. The third-order valence-electron chi connectivity index (χ3n) is 9.11. The van der Waals surface area contributed by atoms with Gasteiger partial charge in [0.25, 0.3) is 0 Å². The van der Waals surface area contributed by atoms with E-state index < -0.39 is 15.8 Å². The number of rotatable bonds is 7. The molecule has 0 aromatic heterocycles. The average molecular weight is 673 g/mol. The molecule has 0 radical (unpaired) electrons. The van der Waals surface area contributed by atoms with Crippen LogP contribution in [0.3, 0.4) is 0 Å². The molecule has 0 amide bonds. The summed E-state index contributed by atoms with van der Waals surface area (Å²) in [6.45, 7) is 0. The third-order valence-corrected chi connectivity index (χ3v) is 14.1. The number of fused-ring (bicyclic) bond motifs is 2. The third kappa shape index (κ3) is 5.67. The number of hydrogen-bond acceptors (Lipinski definition) is 2. The van der Waals surface area contributed by atoms with E-state index in [1.54, 1.807) is 0 Å². The molecule has 8 aromatic rings. The molecule has 0 unspecified atom stereocenters. The molecular weight excluding hydrogens is 642 g/mol. The Hall–Kier alpha value is -5.88. The van der Waals surface area contributed by atoms with Gasteiger partial charge < -0.3 is 0 Å². The lowest BCUT2D eigenvalue weighted by atomic mass is 9.91. The highest BCUT2D eigenvalue weighted by molar-refractivity contribution is 7.80. The predicted octanol–water partition coefficient (Wildman–Crippen LogP) is 8.92. The summed E-state index contributed by atoms with van der Waals surface area (Å²) in [7, 11) is -2.05. The first-order valence-electron chi connectivity index (χ1n) is 16.5. The first-order chi connectivity index (χ1) is 24.8. The second-order valence-electron chi connectivity index (χ2n) is 12.0. The lowest BCUT2D eigenvalue weighted by molar-refractivity contribution is 1.50. The van der Waals surface area contributed by atoms with Gasteiger partial charge in [0, 0.05) is 10.8 Å². The van der Waals surface area contributed by atoms with Gasteiger partial charge in [-0.2, -0.15) is 10.5 Å². The fourth-order valence-corrected chi connectivity index (χ4v) is 11.9. The van der Waals surface area contributed by atoms with Crippen molar-refractivity contribution in [3.05, 3.63) is 193 Å². The van der Waals surface area contributed by atoms with Crippen LogP contribution >= 0.6 is 15.8 Å². The Bertz CT molecular complexity index is 2290. The second kappa shape index (κ2) is 13.9. The molecule has 0 atom stereocenters. The normalized spacial score (nSPS) is 11.1. The fraction of sp³-hybridized carbons (Fsp3) is 0. The molecule has 0 saturated carbocycles. The molecule has 0 spiro atoms. The molecule has 2 nitrogen and oxygen atoms in total. The van der Waals surface area contributed by atoms with Crippen molar-refractivity contribution in [1.82, 2.24) is 0 Å². The van der Waals surface area contributed by atoms with Gasteiger partial charge in [0.05, 0.1) is 23.3 Å². The van der Waals surface area contributed by atoms with E-state index in [-0.39, 0.29) is 0 Å². The molecule has 0 aliphatic heterocycles. The Balaban J connectivity index is 1.58. The van der Waals surface area contributed by atoms with E-state index in [0.717, 1.165) is 32.7 Å². The summed E-state index contributed by atoms with van der Waals surface area (Å²) in [6.07, 6.45) is 0. The van der Waals surface area contributed by atoms with Crippen molar-refractivity contribution >= 4 is 69.2 Å². The Morgan fingerprint density at radius 2 is 0.620 bits per heavy atom. The van der Waals surface area contributed by atoms with E-state index in [2.05, 4.69) is 170 Å². The van der Waals surface area contributed by atoms with Crippen LogP contribution in [0.4, 0.5) is 0 Å². The summed E-state index contributed by atoms with van der Waals surface area (Å²) < 4.78 is 0. The summed E-state index contributed by atoms with van der Waals surface area (Å²) in [5, 5.41) is 32.0. The van der Waals surface area contributed by atoms with E-state index in [4.69, 9.17) is 0 Å². The number of hydrogen-bond donors (Lipinski definition) is 0. The molecule has 234 valence electrons. The van der Waals surface area contributed by atoms with Crippen molar-refractivity contribution in [1.29, 1.82) is 10.5 Å². The average Bonchev–Trinajstić information content (AvgIpc) is 3.19. The molecule has 0 N–H and O–H groups in total. The SMILES string of the molecule is N#Cc1cccc2c(-c3c(P(c4ccccc4)c4ccccc4)ccc4c(C#N)cccc34)c(P(c3ccccc3)c3ccccc3)ccc12. The Morgan fingerprint density at radius 3 is 0.920 bits per heavy atom. The first-order valence-corrected chi connectivity index (χ1v) is 19.2. The second-order valence-corrected chi connectivity index (χ2v) is 16.3. The van der Waals surface area contributed by atoms with Crippen LogP contribution in [0.15, 0.2) is 182 Å². The van der Waals surface area contributed by atoms with Crippen molar-refractivity contribution in [2.24, 2.45) is 0 Å². The van der Waals surface area contributed by atoms with Gasteiger partial charge >= 0.3 is 0 Å². The molecule has 0 aliphatic rings. The first kappa shape index (κ1) is 31.4. The Labute approximate surface area is 295 Å². The minimum atomic E-state index is -1.03. The summed E-state index contributed by atoms with van der Waals surface area (Å²) >= 11 is 0. The highest BCUT2D eigenvalue weighted by atomic mass is 31.1. The largest absolute Gasteiger partial charge is 0.192 e. The van der Waals surface area contributed by atoms with E-state index in [1.807, 2.05) is 24.3 Å². The van der Waals surface area contributed by atoms with Crippen molar-refractivity contribution in [3.8, 4) is 23.3 Å². The lowest BCUT2D eigenvalue weighted by Gasteiger charge is -2.28. The molecule has 8 aromatic carbocycles. The van der Waals surface area contributed by atoms with Gasteiger partial charge in [-0.25, -0.2) is 0 Å². The fourth-order valence-electron chi connectivity index (χ4n) is 6.95. The number of nitrogens with zero attached hydrogens (tertiary/aromatic N) is 2. The van der Waals surface area contributed by atoms with Gasteiger partial charge in [-0.1, -0.05) is 170 Å². The van der Waals surface area contributed by atoms with Crippen LogP contribution < -0.4 is 31.8 Å². The van der Waals surface area contributed by atoms with Crippen LogP contribution in [-0.2, 0) is 0 Å². The topological polar surface area (TPSA) is 47.6 Å².